The average molecular weight is 1130 g/mol. The van der Waals surface area contributed by atoms with Crippen LogP contribution >= 0.6 is 11.3 Å². The minimum atomic E-state index is -0.182. The monoisotopic (exact) mass is 1130 g/mol. The molecule has 426 valence electrons. The first-order valence-corrected chi connectivity index (χ1v) is 32.8. The Hall–Kier alpha value is -7.22. The molecule has 7 heterocycles. The summed E-state index contributed by atoms with van der Waals surface area (Å²) in [6.45, 7) is 31.9. The number of thiophene rings is 1. The molecule has 4 atom stereocenters. The van der Waals surface area contributed by atoms with Crippen molar-refractivity contribution >= 4 is 127 Å². The Morgan fingerprint density at radius 3 is 1.68 bits per heavy atom. The van der Waals surface area contributed by atoms with Crippen LogP contribution in [0.3, 0.4) is 0 Å². The van der Waals surface area contributed by atoms with Gasteiger partial charge in [-0.05, 0) is 167 Å². The number of benzene rings is 8. The Balaban J connectivity index is 1.03. The van der Waals surface area contributed by atoms with Gasteiger partial charge in [0.15, 0.2) is 0 Å². The van der Waals surface area contributed by atoms with Gasteiger partial charge in [0.2, 0.25) is 0 Å². The molecular weight excluding hydrogens is 1050 g/mol. The molecule has 4 aliphatic heterocycles. The number of hydrogen-bond acceptors (Lipinski definition) is 5. The van der Waals surface area contributed by atoms with Gasteiger partial charge in [-0.3, -0.25) is 0 Å². The van der Waals surface area contributed by atoms with Crippen molar-refractivity contribution in [2.75, 3.05) is 14.7 Å². The van der Waals surface area contributed by atoms with E-state index < -0.39 is 0 Å². The van der Waals surface area contributed by atoms with Crippen molar-refractivity contribution in [3.05, 3.63) is 173 Å². The highest BCUT2D eigenvalue weighted by Gasteiger charge is 2.60. The van der Waals surface area contributed by atoms with E-state index in [0.717, 1.165) is 46.9 Å². The fourth-order valence-electron chi connectivity index (χ4n) is 18.1. The van der Waals surface area contributed by atoms with Crippen LogP contribution in [0.1, 0.15) is 169 Å². The summed E-state index contributed by atoms with van der Waals surface area (Å²) >= 11 is 1.97. The molecule has 17 rings (SSSR count). The molecule has 0 N–H and O–H groups in total. The number of aromatic nitrogens is 1. The van der Waals surface area contributed by atoms with Crippen molar-refractivity contribution in [2.24, 2.45) is 0 Å². The van der Waals surface area contributed by atoms with E-state index in [1.807, 2.05) is 11.3 Å². The van der Waals surface area contributed by atoms with Crippen LogP contribution in [-0.2, 0) is 27.1 Å². The van der Waals surface area contributed by atoms with E-state index in [1.165, 1.54) is 147 Å². The zero-order valence-electron chi connectivity index (χ0n) is 52.2. The van der Waals surface area contributed by atoms with Gasteiger partial charge in [-0.15, -0.1) is 11.3 Å². The summed E-state index contributed by atoms with van der Waals surface area (Å²) in [4.78, 5) is 8.41. The highest BCUT2D eigenvalue weighted by Crippen LogP contribution is 2.64. The number of para-hydroxylation sites is 1. The summed E-state index contributed by atoms with van der Waals surface area (Å²) in [6.07, 6.45) is 9.50. The molecule has 7 heteroatoms. The summed E-state index contributed by atoms with van der Waals surface area (Å²) in [5, 5.41) is 4.98. The van der Waals surface area contributed by atoms with Gasteiger partial charge in [0, 0.05) is 71.5 Å². The Bertz CT molecular complexity index is 4740. The van der Waals surface area contributed by atoms with Crippen molar-refractivity contribution < 1.29 is 4.42 Å². The predicted molar refractivity (Wildman–Crippen MR) is 364 cm³/mol. The minimum absolute atomic E-state index is 0.0220. The molecule has 11 aromatic rings. The molecule has 0 spiro atoms. The second-order valence-electron chi connectivity index (χ2n) is 30.7. The number of hydrogen-bond donors (Lipinski definition) is 0. The van der Waals surface area contributed by atoms with Gasteiger partial charge in [-0.25, -0.2) is 0 Å². The molecule has 0 amide bonds. The Morgan fingerprint density at radius 2 is 1.02 bits per heavy atom. The number of nitrogens with zero attached hydrogens (tertiary/aromatic N) is 4. The average Bonchev–Trinajstić information content (AvgIpc) is 1.67. The first-order valence-electron chi connectivity index (χ1n) is 32.0. The minimum Gasteiger partial charge on any atom is -0.456 e. The molecule has 6 aliphatic rings. The van der Waals surface area contributed by atoms with Crippen LogP contribution in [0.25, 0.3) is 58.8 Å². The van der Waals surface area contributed by atoms with Crippen LogP contribution in [0.15, 0.2) is 150 Å². The molecule has 5 nitrogen and oxygen atoms in total. The van der Waals surface area contributed by atoms with Gasteiger partial charge in [0.05, 0.1) is 37.9 Å². The molecular formula is C78H79BN4OS. The molecule has 0 radical (unpaired) electrons. The largest absolute Gasteiger partial charge is 0.456 e. The summed E-state index contributed by atoms with van der Waals surface area (Å²) in [5.74, 6) is 0. The van der Waals surface area contributed by atoms with Crippen molar-refractivity contribution in [1.82, 2.24) is 4.57 Å². The molecule has 2 aliphatic carbocycles. The van der Waals surface area contributed by atoms with Crippen molar-refractivity contribution in [3.63, 3.8) is 0 Å². The van der Waals surface area contributed by atoms with Gasteiger partial charge < -0.3 is 23.7 Å². The van der Waals surface area contributed by atoms with Gasteiger partial charge in [0.25, 0.3) is 6.71 Å². The topological polar surface area (TPSA) is 27.8 Å². The lowest BCUT2D eigenvalue weighted by Gasteiger charge is -2.51. The summed E-state index contributed by atoms with van der Waals surface area (Å²) < 4.78 is 12.4. The molecule has 0 saturated heterocycles. The highest BCUT2D eigenvalue weighted by atomic mass is 32.1. The third-order valence-electron chi connectivity index (χ3n) is 23.1. The highest BCUT2D eigenvalue weighted by molar-refractivity contribution is 7.26. The van der Waals surface area contributed by atoms with E-state index in [2.05, 4.69) is 255 Å². The van der Waals surface area contributed by atoms with Crippen LogP contribution in [-0.4, -0.2) is 22.4 Å². The van der Waals surface area contributed by atoms with E-state index in [4.69, 9.17) is 4.42 Å². The number of anilines is 7. The molecule has 8 aromatic carbocycles. The molecule has 2 fully saturated rings. The molecule has 85 heavy (non-hydrogen) atoms. The fraction of sp³-hybridized carbons (Fsp3) is 0.359. The maximum absolute atomic E-state index is 6.91. The summed E-state index contributed by atoms with van der Waals surface area (Å²) in [5.41, 5.74) is 25.6. The van der Waals surface area contributed by atoms with Gasteiger partial charge in [-0.2, -0.15) is 0 Å². The summed E-state index contributed by atoms with van der Waals surface area (Å²) in [6, 6.07) is 58.1. The Morgan fingerprint density at radius 1 is 0.447 bits per heavy atom. The van der Waals surface area contributed by atoms with E-state index in [-0.39, 0.29) is 44.9 Å². The maximum atomic E-state index is 6.91. The smallest absolute Gasteiger partial charge is 0.252 e. The Kier molecular flexibility index (Phi) is 10.3. The van der Waals surface area contributed by atoms with Crippen LogP contribution in [0.5, 0.6) is 0 Å². The Labute approximate surface area is 506 Å². The second-order valence-corrected chi connectivity index (χ2v) is 31.8. The first kappa shape index (κ1) is 52.1. The van der Waals surface area contributed by atoms with Crippen LogP contribution in [0, 0.1) is 0 Å². The lowest BCUT2D eigenvalue weighted by Crippen LogP contribution is -2.61. The van der Waals surface area contributed by atoms with Gasteiger partial charge in [-0.1, -0.05) is 181 Å². The third kappa shape index (κ3) is 6.67. The zero-order chi connectivity index (χ0) is 58.4. The normalized spacial score (nSPS) is 23.3. The predicted octanol–water partition coefficient (Wildman–Crippen LogP) is 19.9. The molecule has 3 aromatic heterocycles. The van der Waals surface area contributed by atoms with E-state index in [1.54, 1.807) is 0 Å². The van der Waals surface area contributed by atoms with E-state index in [0.29, 0.717) is 0 Å². The number of rotatable bonds is 3. The van der Waals surface area contributed by atoms with Crippen LogP contribution in [0.4, 0.5) is 39.8 Å². The van der Waals surface area contributed by atoms with Gasteiger partial charge >= 0.3 is 0 Å². The maximum Gasteiger partial charge on any atom is 0.252 e. The standard InChI is InChI=1S/C78H79BN4OS/c1-72(2,3)46-29-33-58-54(40-46)75(10)35-18-20-37-77(75,12)82(58)49-31-32-56-61(43-49)80(60-25-22-27-65-67(60)51-23-14-16-26-64(51)84-65)62-44-50(83-59-34-30-47(73(4,5)6)41-55(59)76(11)36-19-21-38-78(76,83)13)45-63-68(62)79(56)57-42-48(74(7,8)9)39-53-69(57)81(63)70-52-24-15-17-28-66(52)85-71(53)70/h14-17,22-34,39-45H,18-21,35-38H2,1-13H3. The fourth-order valence-corrected chi connectivity index (χ4v) is 19.3. The molecule has 4 unspecified atom stereocenters. The lowest BCUT2D eigenvalue weighted by molar-refractivity contribution is 0.195. The quantitative estimate of drug-likeness (QED) is 0.165. The first-order chi connectivity index (χ1) is 40.5. The van der Waals surface area contributed by atoms with E-state index >= 15 is 0 Å². The number of fused-ring (bicyclic) bond motifs is 18. The van der Waals surface area contributed by atoms with Crippen molar-refractivity contribution in [2.45, 2.75) is 180 Å². The summed E-state index contributed by atoms with van der Waals surface area (Å²) in [7, 11) is 0. The van der Waals surface area contributed by atoms with Crippen LogP contribution in [0.2, 0.25) is 0 Å². The second kappa shape index (κ2) is 16.8. The van der Waals surface area contributed by atoms with E-state index in [9.17, 15) is 0 Å². The van der Waals surface area contributed by atoms with Crippen molar-refractivity contribution in [1.29, 1.82) is 0 Å². The zero-order valence-corrected chi connectivity index (χ0v) is 53.0. The lowest BCUT2D eigenvalue weighted by atomic mass is 9.33. The third-order valence-corrected chi connectivity index (χ3v) is 24.3. The molecule has 0 bridgehead atoms. The van der Waals surface area contributed by atoms with Crippen LogP contribution < -0.4 is 31.1 Å². The van der Waals surface area contributed by atoms with Gasteiger partial charge in [0.1, 0.15) is 11.2 Å². The van der Waals surface area contributed by atoms with Crippen molar-refractivity contribution in [3.8, 4) is 5.69 Å². The SMILES string of the molecule is CC(C)(C)c1ccc2c(c1)C1(C)CCCCC1(C)N2c1ccc2c(c1)N(c1cccc3oc4ccccc4c13)c1cc(N3c4ccc(C(C)(C)C)cc4C4(C)CCCCC34C)cc3c1B2c1cc(C(C)(C)C)cc2c4sc5ccccc5c4n-3c12. The molecule has 2 saturated carbocycles. The number of furan rings is 1.